The van der Waals surface area contributed by atoms with E-state index in [2.05, 4.69) is 61.8 Å². The first-order valence-corrected chi connectivity index (χ1v) is 10.6. The fraction of sp³-hybridized carbons (Fsp3) is 0.480. The van der Waals surface area contributed by atoms with Gasteiger partial charge in [0.1, 0.15) is 5.75 Å². The topological polar surface area (TPSA) is 28.1 Å². The minimum Gasteiger partial charge on any atom is -0.496 e. The summed E-state index contributed by atoms with van der Waals surface area (Å²) in [6, 6.07) is 12.7. The molecule has 29 heavy (non-hydrogen) atoms. The highest BCUT2D eigenvalue weighted by Gasteiger charge is 2.36. The Bertz CT molecular complexity index is 868. The van der Waals surface area contributed by atoms with Crippen molar-refractivity contribution in [2.75, 3.05) is 37.5 Å². The van der Waals surface area contributed by atoms with Crippen LogP contribution in [0.4, 0.5) is 17.1 Å². The van der Waals surface area contributed by atoms with Crippen molar-refractivity contribution in [3.8, 4) is 5.75 Å². The Hall–Kier alpha value is -2.49. The first-order chi connectivity index (χ1) is 13.8. The van der Waals surface area contributed by atoms with Crippen LogP contribution in [0.1, 0.15) is 57.6 Å². The van der Waals surface area contributed by atoms with E-state index in [1.54, 1.807) is 7.11 Å². The maximum absolute atomic E-state index is 5.76. The number of hydrogen-bond donors (Lipinski definition) is 0. The van der Waals surface area contributed by atoms with Gasteiger partial charge in [-0.05, 0) is 68.5 Å². The van der Waals surface area contributed by atoms with Gasteiger partial charge in [-0.25, -0.2) is 0 Å². The van der Waals surface area contributed by atoms with Gasteiger partial charge in [-0.2, -0.15) is 0 Å². The smallest absolute Gasteiger partial charge is 0.129 e. The molecule has 1 heterocycles. The van der Waals surface area contributed by atoms with Crippen LogP contribution in [0.5, 0.6) is 5.75 Å². The number of ether oxygens (including phenoxy) is 1. The molecule has 0 radical (unpaired) electrons. The molecule has 156 valence electrons. The number of rotatable bonds is 6. The van der Waals surface area contributed by atoms with Crippen LogP contribution < -0.4 is 14.5 Å². The maximum atomic E-state index is 5.76. The van der Waals surface area contributed by atoms with Gasteiger partial charge in [0.15, 0.2) is 0 Å². The maximum Gasteiger partial charge on any atom is 0.129 e. The highest BCUT2D eigenvalue weighted by molar-refractivity contribution is 5.88. The Labute approximate surface area is 176 Å². The zero-order chi connectivity index (χ0) is 21.2. The van der Waals surface area contributed by atoms with Crippen molar-refractivity contribution >= 4 is 23.3 Å². The first-order valence-electron chi connectivity index (χ1n) is 10.6. The predicted molar refractivity (Wildman–Crippen MR) is 126 cm³/mol. The summed E-state index contributed by atoms with van der Waals surface area (Å²) in [7, 11) is 5.83. The summed E-state index contributed by atoms with van der Waals surface area (Å²) >= 11 is 0. The molecule has 1 unspecified atom stereocenters. The van der Waals surface area contributed by atoms with E-state index < -0.39 is 0 Å². The Morgan fingerprint density at radius 2 is 1.90 bits per heavy atom. The second-order valence-electron chi connectivity index (χ2n) is 8.89. The molecule has 1 aliphatic rings. The van der Waals surface area contributed by atoms with Gasteiger partial charge in [-0.1, -0.05) is 13.8 Å². The van der Waals surface area contributed by atoms with E-state index in [1.807, 2.05) is 32.4 Å². The van der Waals surface area contributed by atoms with Gasteiger partial charge in [0, 0.05) is 55.4 Å². The summed E-state index contributed by atoms with van der Waals surface area (Å²) in [5, 5.41) is 0. The van der Waals surface area contributed by atoms with E-state index in [1.165, 1.54) is 16.9 Å². The van der Waals surface area contributed by atoms with Gasteiger partial charge >= 0.3 is 0 Å². The Kier molecular flexibility index (Phi) is 6.21. The fourth-order valence-corrected chi connectivity index (χ4v) is 4.43. The molecule has 2 aromatic rings. The second kappa shape index (κ2) is 8.48. The largest absolute Gasteiger partial charge is 0.496 e. The molecule has 2 aromatic carbocycles. The molecule has 0 aliphatic carbocycles. The molecule has 0 bridgehead atoms. The van der Waals surface area contributed by atoms with Gasteiger partial charge in [0.2, 0.25) is 0 Å². The molecule has 0 aromatic heterocycles. The van der Waals surface area contributed by atoms with Crippen LogP contribution in [-0.2, 0) is 0 Å². The molecule has 0 amide bonds. The van der Waals surface area contributed by atoms with Crippen molar-refractivity contribution in [2.24, 2.45) is 4.99 Å². The van der Waals surface area contributed by atoms with E-state index in [0.717, 1.165) is 36.4 Å². The monoisotopic (exact) mass is 393 g/mol. The molecule has 4 heteroatoms. The van der Waals surface area contributed by atoms with Crippen molar-refractivity contribution in [3.05, 3.63) is 47.5 Å². The molecule has 0 spiro atoms. The summed E-state index contributed by atoms with van der Waals surface area (Å²) in [4.78, 5) is 9.34. The SMILES string of the molecule is CCCN1c2cc(OC)c(C=Nc3ccc(N(C)C)cc3)cc2C(C)CC1(C)C. The third-order valence-electron chi connectivity index (χ3n) is 5.90. The van der Waals surface area contributed by atoms with Gasteiger partial charge in [0.05, 0.1) is 12.8 Å². The lowest BCUT2D eigenvalue weighted by atomic mass is 9.79. The van der Waals surface area contributed by atoms with E-state index >= 15 is 0 Å². The third kappa shape index (κ3) is 4.42. The van der Waals surface area contributed by atoms with Crippen molar-refractivity contribution in [2.45, 2.75) is 52.0 Å². The molecule has 3 rings (SSSR count). The molecule has 0 saturated carbocycles. The molecule has 0 fully saturated rings. The predicted octanol–water partition coefficient (Wildman–Crippen LogP) is 6.01. The van der Waals surface area contributed by atoms with Gasteiger partial charge < -0.3 is 14.5 Å². The summed E-state index contributed by atoms with van der Waals surface area (Å²) in [5.41, 5.74) is 5.99. The number of methoxy groups -OCH3 is 1. The van der Waals surface area contributed by atoms with Crippen LogP contribution >= 0.6 is 0 Å². The van der Waals surface area contributed by atoms with Crippen LogP contribution in [0, 0.1) is 0 Å². The molecule has 4 nitrogen and oxygen atoms in total. The number of nitrogens with zero attached hydrogens (tertiary/aromatic N) is 3. The van der Waals surface area contributed by atoms with Crippen molar-refractivity contribution in [1.29, 1.82) is 0 Å². The minimum absolute atomic E-state index is 0.150. The van der Waals surface area contributed by atoms with E-state index in [-0.39, 0.29) is 5.54 Å². The average molecular weight is 394 g/mol. The van der Waals surface area contributed by atoms with Crippen LogP contribution in [0.3, 0.4) is 0 Å². The lowest BCUT2D eigenvalue weighted by Gasteiger charge is -2.47. The minimum atomic E-state index is 0.150. The third-order valence-corrected chi connectivity index (χ3v) is 5.90. The quantitative estimate of drug-likeness (QED) is 0.562. The zero-order valence-corrected chi connectivity index (χ0v) is 19.0. The summed E-state index contributed by atoms with van der Waals surface area (Å²) < 4.78 is 5.76. The van der Waals surface area contributed by atoms with Crippen LogP contribution in [0.15, 0.2) is 41.4 Å². The first kappa shape index (κ1) is 21.2. The number of fused-ring (bicyclic) bond motifs is 1. The van der Waals surface area contributed by atoms with Gasteiger partial charge in [-0.3, -0.25) is 4.99 Å². The van der Waals surface area contributed by atoms with E-state index in [9.17, 15) is 0 Å². The van der Waals surface area contributed by atoms with Crippen LogP contribution in [-0.4, -0.2) is 39.5 Å². The number of aliphatic imine (C=N–C) groups is 1. The number of anilines is 2. The molecular formula is C25H35N3O. The Balaban J connectivity index is 1.98. The summed E-state index contributed by atoms with van der Waals surface area (Å²) in [6.07, 6.45) is 4.21. The normalized spacial score (nSPS) is 18.0. The van der Waals surface area contributed by atoms with Crippen molar-refractivity contribution in [3.63, 3.8) is 0 Å². The second-order valence-corrected chi connectivity index (χ2v) is 8.89. The van der Waals surface area contributed by atoms with Gasteiger partial charge in [0.25, 0.3) is 0 Å². The highest BCUT2D eigenvalue weighted by atomic mass is 16.5. The molecule has 0 saturated heterocycles. The average Bonchev–Trinajstić information content (AvgIpc) is 2.69. The number of benzene rings is 2. The van der Waals surface area contributed by atoms with E-state index in [4.69, 9.17) is 9.73 Å². The highest BCUT2D eigenvalue weighted by Crippen LogP contribution is 2.45. The van der Waals surface area contributed by atoms with E-state index in [0.29, 0.717) is 5.92 Å². The summed E-state index contributed by atoms with van der Waals surface area (Å²) in [5.74, 6) is 1.38. The fourth-order valence-electron chi connectivity index (χ4n) is 4.43. The van der Waals surface area contributed by atoms with Gasteiger partial charge in [-0.15, -0.1) is 0 Å². The molecule has 0 N–H and O–H groups in total. The molecular weight excluding hydrogens is 358 g/mol. The lowest BCUT2D eigenvalue weighted by Crippen LogP contribution is -2.48. The molecule has 1 aliphatic heterocycles. The lowest BCUT2D eigenvalue weighted by molar-refractivity contribution is 0.372. The molecule has 1 atom stereocenters. The zero-order valence-electron chi connectivity index (χ0n) is 19.0. The van der Waals surface area contributed by atoms with Crippen molar-refractivity contribution < 1.29 is 4.74 Å². The summed E-state index contributed by atoms with van der Waals surface area (Å²) in [6.45, 7) is 10.3. The number of hydrogen-bond acceptors (Lipinski definition) is 4. The van der Waals surface area contributed by atoms with Crippen LogP contribution in [0.2, 0.25) is 0 Å². The van der Waals surface area contributed by atoms with Crippen LogP contribution in [0.25, 0.3) is 0 Å². The Morgan fingerprint density at radius 1 is 1.21 bits per heavy atom. The Morgan fingerprint density at radius 3 is 2.48 bits per heavy atom. The standard InChI is InChI=1S/C25H35N3O/c1-8-13-28-23-15-24(29-7)19(14-22(23)18(2)16-25(28,3)4)17-26-20-9-11-21(12-10-20)27(5)6/h9-12,14-15,17-18H,8,13,16H2,1-7H3. The van der Waals surface area contributed by atoms with Crippen molar-refractivity contribution in [1.82, 2.24) is 0 Å².